The van der Waals surface area contributed by atoms with Crippen molar-refractivity contribution in [2.24, 2.45) is 5.92 Å². The van der Waals surface area contributed by atoms with Gasteiger partial charge in [-0.25, -0.2) is 4.98 Å². The van der Waals surface area contributed by atoms with Crippen molar-refractivity contribution in [3.8, 4) is 0 Å². The molecule has 2 aliphatic carbocycles. The fourth-order valence-corrected chi connectivity index (χ4v) is 3.49. The predicted octanol–water partition coefficient (Wildman–Crippen LogP) is 1.43. The maximum absolute atomic E-state index is 12.1. The summed E-state index contributed by atoms with van der Waals surface area (Å²) in [6.07, 6.45) is 5.91. The first-order chi connectivity index (χ1) is 12.1. The molecule has 4 rings (SSSR count). The number of nitrogens with zero attached hydrogens (tertiary/aromatic N) is 3. The summed E-state index contributed by atoms with van der Waals surface area (Å²) in [5, 5.41) is 12.4. The molecule has 0 aromatic carbocycles. The van der Waals surface area contributed by atoms with Gasteiger partial charge in [0.05, 0.1) is 6.54 Å². The van der Waals surface area contributed by atoms with E-state index in [1.807, 2.05) is 6.07 Å². The Labute approximate surface area is 145 Å². The molecule has 0 unspecified atom stereocenters. The summed E-state index contributed by atoms with van der Waals surface area (Å²) in [6, 6.07) is 7.51. The summed E-state index contributed by atoms with van der Waals surface area (Å²) in [5.41, 5.74) is 0.514. The van der Waals surface area contributed by atoms with Gasteiger partial charge in [-0.05, 0) is 43.7 Å². The molecule has 7 nitrogen and oxygen atoms in total. The fourth-order valence-electron chi connectivity index (χ4n) is 3.49. The Hall–Kier alpha value is -2.41. The molecule has 0 aliphatic heterocycles. The molecule has 0 spiro atoms. The van der Waals surface area contributed by atoms with E-state index in [2.05, 4.69) is 15.2 Å². The van der Waals surface area contributed by atoms with Gasteiger partial charge in [0, 0.05) is 30.9 Å². The predicted molar refractivity (Wildman–Crippen MR) is 93.8 cm³/mol. The first-order valence-corrected chi connectivity index (χ1v) is 8.79. The zero-order valence-corrected chi connectivity index (χ0v) is 14.0. The lowest BCUT2D eigenvalue weighted by atomic mass is 9.85. The second-order valence-electron chi connectivity index (χ2n) is 7.14. The highest BCUT2D eigenvalue weighted by atomic mass is 16.4. The second kappa shape index (κ2) is 6.48. The number of anilines is 1. The van der Waals surface area contributed by atoms with Crippen LogP contribution in [0, 0.1) is 5.92 Å². The van der Waals surface area contributed by atoms with Gasteiger partial charge in [0.15, 0.2) is 0 Å². The lowest BCUT2D eigenvalue weighted by Gasteiger charge is -2.43. The highest BCUT2D eigenvalue weighted by Crippen LogP contribution is 2.34. The van der Waals surface area contributed by atoms with Crippen molar-refractivity contribution in [3.63, 3.8) is 0 Å². The van der Waals surface area contributed by atoms with Crippen molar-refractivity contribution in [2.45, 2.75) is 37.8 Å². The van der Waals surface area contributed by atoms with Gasteiger partial charge >= 0.3 is 5.97 Å². The maximum atomic E-state index is 12.1. The number of fused-ring (bicyclic) bond motifs is 1. The highest BCUT2D eigenvalue weighted by Gasteiger charge is 2.37. The topological polar surface area (TPSA) is 86.9 Å². The van der Waals surface area contributed by atoms with Gasteiger partial charge in [0.1, 0.15) is 11.5 Å². The Morgan fingerprint density at radius 2 is 2.16 bits per heavy atom. The minimum absolute atomic E-state index is 0.106. The van der Waals surface area contributed by atoms with Gasteiger partial charge in [-0.15, -0.1) is 0 Å². The molecule has 0 radical (unpaired) electrons. The number of rotatable bonds is 7. The van der Waals surface area contributed by atoms with Crippen LogP contribution in [0.3, 0.4) is 0 Å². The average molecular weight is 342 g/mol. The lowest BCUT2D eigenvalue weighted by molar-refractivity contribution is -0.139. The third-order valence-corrected chi connectivity index (χ3v) is 5.08. The minimum Gasteiger partial charge on any atom is -0.480 e. The third-order valence-electron chi connectivity index (χ3n) is 5.08. The molecule has 0 amide bonds. The first-order valence-electron chi connectivity index (χ1n) is 8.79. The van der Waals surface area contributed by atoms with E-state index in [4.69, 9.17) is 5.11 Å². The van der Waals surface area contributed by atoms with Crippen LogP contribution < -0.4 is 10.9 Å². The van der Waals surface area contributed by atoms with Gasteiger partial charge in [-0.2, -0.15) is 0 Å². The standard InChI is InChI=1S/C18H22N4O3/c23-17-9-15(20-16-3-1-2-6-22(16)17)19-13-7-14(8-13)21(11-18(24)25)10-12-4-5-12/h1-3,6,9,12-14,19H,4-5,7-8,10-11H2,(H,24,25). The summed E-state index contributed by atoms with van der Waals surface area (Å²) >= 11 is 0. The van der Waals surface area contributed by atoms with E-state index in [-0.39, 0.29) is 18.1 Å². The number of carboxylic acids is 1. The average Bonchev–Trinajstić information content (AvgIpc) is 3.33. The van der Waals surface area contributed by atoms with Gasteiger partial charge in [-0.3, -0.25) is 18.9 Å². The lowest BCUT2D eigenvalue weighted by Crippen LogP contribution is -2.52. The number of aliphatic carboxylic acids is 1. The van der Waals surface area contributed by atoms with Crippen LogP contribution in [0.1, 0.15) is 25.7 Å². The number of carboxylic acid groups (broad SMARTS) is 1. The molecule has 2 aromatic rings. The summed E-state index contributed by atoms with van der Waals surface area (Å²) in [5.74, 6) is 0.501. The molecule has 25 heavy (non-hydrogen) atoms. The van der Waals surface area contributed by atoms with Crippen LogP contribution in [0.4, 0.5) is 5.82 Å². The molecule has 0 saturated heterocycles. The molecule has 132 valence electrons. The zero-order valence-electron chi connectivity index (χ0n) is 14.0. The van der Waals surface area contributed by atoms with Crippen molar-refractivity contribution in [3.05, 3.63) is 40.8 Å². The van der Waals surface area contributed by atoms with Crippen molar-refractivity contribution >= 4 is 17.4 Å². The van der Waals surface area contributed by atoms with E-state index in [0.29, 0.717) is 23.4 Å². The number of hydrogen-bond donors (Lipinski definition) is 2. The van der Waals surface area contributed by atoms with Gasteiger partial charge in [-0.1, -0.05) is 6.07 Å². The number of hydrogen-bond acceptors (Lipinski definition) is 5. The van der Waals surface area contributed by atoms with Crippen LogP contribution in [0.25, 0.3) is 5.65 Å². The molecular weight excluding hydrogens is 320 g/mol. The number of carbonyl (C=O) groups is 1. The molecule has 2 fully saturated rings. The number of pyridine rings is 1. The van der Waals surface area contributed by atoms with Crippen LogP contribution >= 0.6 is 0 Å². The van der Waals surface area contributed by atoms with Crippen molar-refractivity contribution in [2.75, 3.05) is 18.4 Å². The van der Waals surface area contributed by atoms with Crippen molar-refractivity contribution in [1.82, 2.24) is 14.3 Å². The summed E-state index contributed by atoms with van der Waals surface area (Å²) < 4.78 is 1.51. The molecule has 0 atom stereocenters. The molecule has 2 saturated carbocycles. The molecule has 7 heteroatoms. The monoisotopic (exact) mass is 342 g/mol. The summed E-state index contributed by atoms with van der Waals surface area (Å²) in [7, 11) is 0. The van der Waals surface area contributed by atoms with Gasteiger partial charge < -0.3 is 10.4 Å². The maximum Gasteiger partial charge on any atom is 0.317 e. The van der Waals surface area contributed by atoms with Crippen LogP contribution in [0.5, 0.6) is 0 Å². The summed E-state index contributed by atoms with van der Waals surface area (Å²) in [6.45, 7) is 1.00. The van der Waals surface area contributed by atoms with E-state index in [0.717, 1.165) is 19.4 Å². The molecule has 2 aromatic heterocycles. The SMILES string of the molecule is O=C(O)CN(CC1CC1)C1CC(Nc2cc(=O)n3ccccc3n2)C1. The Bertz CT molecular complexity index is 840. The van der Waals surface area contributed by atoms with Crippen LogP contribution in [0.15, 0.2) is 35.3 Å². The number of aromatic nitrogens is 2. The zero-order chi connectivity index (χ0) is 17.4. The molecule has 2 N–H and O–H groups in total. The van der Waals surface area contributed by atoms with Crippen LogP contribution in [-0.2, 0) is 4.79 Å². The number of nitrogens with one attached hydrogen (secondary N) is 1. The normalized spacial score (nSPS) is 22.8. The van der Waals surface area contributed by atoms with Crippen molar-refractivity contribution in [1.29, 1.82) is 0 Å². The van der Waals surface area contributed by atoms with Crippen molar-refractivity contribution < 1.29 is 9.90 Å². The Morgan fingerprint density at radius 1 is 1.36 bits per heavy atom. The Kier molecular flexibility index (Phi) is 4.17. The van der Waals surface area contributed by atoms with Crippen LogP contribution in [-0.4, -0.2) is 50.5 Å². The van der Waals surface area contributed by atoms with E-state index < -0.39 is 5.97 Å². The fraction of sp³-hybridized carbons (Fsp3) is 0.500. The molecule has 2 heterocycles. The van der Waals surface area contributed by atoms with E-state index >= 15 is 0 Å². The van der Waals surface area contributed by atoms with Gasteiger partial charge in [0.2, 0.25) is 0 Å². The van der Waals surface area contributed by atoms with E-state index in [1.54, 1.807) is 18.3 Å². The van der Waals surface area contributed by atoms with Crippen LogP contribution in [0.2, 0.25) is 0 Å². The minimum atomic E-state index is -0.763. The molecule has 0 bridgehead atoms. The molecule has 2 aliphatic rings. The first kappa shape index (κ1) is 16.1. The highest BCUT2D eigenvalue weighted by molar-refractivity contribution is 5.69. The van der Waals surface area contributed by atoms with E-state index in [1.165, 1.54) is 23.3 Å². The Balaban J connectivity index is 1.39. The molecular formula is C18H22N4O3. The van der Waals surface area contributed by atoms with Gasteiger partial charge in [0.25, 0.3) is 5.56 Å². The quantitative estimate of drug-likeness (QED) is 0.792. The summed E-state index contributed by atoms with van der Waals surface area (Å²) in [4.78, 5) is 29.8. The largest absolute Gasteiger partial charge is 0.480 e. The third kappa shape index (κ3) is 3.66. The smallest absolute Gasteiger partial charge is 0.317 e. The second-order valence-corrected chi connectivity index (χ2v) is 7.14. The Morgan fingerprint density at radius 3 is 2.88 bits per heavy atom. The van der Waals surface area contributed by atoms with E-state index in [9.17, 15) is 9.59 Å².